The molecule has 222 valence electrons. The van der Waals surface area contributed by atoms with E-state index >= 15 is 0 Å². The van der Waals surface area contributed by atoms with Crippen LogP contribution in [0.3, 0.4) is 0 Å². The monoisotopic (exact) mass is 675 g/mol. The maximum Gasteiger partial charge on any atom is 0.433 e. The van der Waals surface area contributed by atoms with E-state index in [0.29, 0.717) is 22.8 Å². The number of anilines is 1. The predicted octanol–water partition coefficient (Wildman–Crippen LogP) is 5.58. The van der Waals surface area contributed by atoms with Gasteiger partial charge < -0.3 is 5.11 Å². The molecule has 0 bridgehead atoms. The standard InChI is InChI=1S/C30H22BrClF3N3O5/c1-12-4-3-5-14(25(12)40)22-13-6-7-15-23(16(13)10-17-24(22)20(39)11-18(31)26(17)41)29(43)38(28(15)42)37(2)27-19(32)8-9-21(36-27)30(33,34)35/h3-6,8-9,11,15-16,22-23,40H,7,10H2,1-2H3/t15-,16+,22+,23-/m0/s1. The summed E-state index contributed by atoms with van der Waals surface area (Å²) < 4.78 is 40.3. The first-order valence-corrected chi connectivity index (χ1v) is 14.4. The Morgan fingerprint density at radius 1 is 1.09 bits per heavy atom. The van der Waals surface area contributed by atoms with Crippen molar-refractivity contribution in [2.75, 3.05) is 12.1 Å². The summed E-state index contributed by atoms with van der Waals surface area (Å²) in [7, 11) is 1.23. The number of ketones is 2. The minimum Gasteiger partial charge on any atom is -0.507 e. The van der Waals surface area contributed by atoms with Crippen molar-refractivity contribution < 1.29 is 37.5 Å². The third kappa shape index (κ3) is 4.45. The number of imide groups is 1. The van der Waals surface area contributed by atoms with Crippen LogP contribution in [0, 0.1) is 24.7 Å². The van der Waals surface area contributed by atoms with E-state index in [9.17, 15) is 37.5 Å². The number of phenolic OH excluding ortho intramolecular Hbond substituents is 1. The molecule has 8 nitrogen and oxygen atoms in total. The summed E-state index contributed by atoms with van der Waals surface area (Å²) in [6.45, 7) is 1.70. The Hall–Kier alpha value is -3.77. The number of carbonyl (C=O) groups excluding carboxylic acids is 4. The van der Waals surface area contributed by atoms with Crippen LogP contribution >= 0.6 is 27.5 Å². The number of phenols is 1. The zero-order valence-electron chi connectivity index (χ0n) is 22.6. The SMILES string of the molecule is Cc1cccc([C@H]2C3=CC[C@@H]4C(=O)N(N(C)c5nc(C(F)(F)F)ccc5Cl)C(=O)[C@@H]4[C@@H]3CC3=C2C(=O)C=C(Br)C3=O)c1O. The van der Waals surface area contributed by atoms with Crippen molar-refractivity contribution in [3.63, 3.8) is 0 Å². The molecule has 0 radical (unpaired) electrons. The highest BCUT2D eigenvalue weighted by atomic mass is 79.9. The van der Waals surface area contributed by atoms with Crippen molar-refractivity contribution in [2.24, 2.45) is 17.8 Å². The highest BCUT2D eigenvalue weighted by Gasteiger charge is 2.58. The number of fused-ring (bicyclic) bond motifs is 3. The third-order valence-corrected chi connectivity index (χ3v) is 9.50. The fraction of sp³-hybridized carbons (Fsp3) is 0.300. The smallest absolute Gasteiger partial charge is 0.433 e. The number of rotatable bonds is 3. The number of carbonyl (C=O) groups is 4. The van der Waals surface area contributed by atoms with Crippen molar-refractivity contribution in [2.45, 2.75) is 31.9 Å². The van der Waals surface area contributed by atoms with E-state index in [1.807, 2.05) is 0 Å². The second kappa shape index (κ2) is 10.2. The molecule has 0 spiro atoms. The number of benzene rings is 1. The van der Waals surface area contributed by atoms with Crippen molar-refractivity contribution in [3.05, 3.63) is 85.5 Å². The quantitative estimate of drug-likeness (QED) is 0.257. The molecule has 1 aromatic heterocycles. The highest BCUT2D eigenvalue weighted by molar-refractivity contribution is 9.12. The number of aryl methyl sites for hydroxylation is 1. The van der Waals surface area contributed by atoms with Gasteiger partial charge in [-0.1, -0.05) is 41.4 Å². The summed E-state index contributed by atoms with van der Waals surface area (Å²) in [6.07, 6.45) is -1.74. The van der Waals surface area contributed by atoms with Crippen LogP contribution in [-0.2, 0) is 25.4 Å². The molecule has 1 aromatic carbocycles. The molecule has 1 saturated heterocycles. The number of aromatic nitrogens is 1. The molecule has 2 heterocycles. The largest absolute Gasteiger partial charge is 0.507 e. The number of hydrogen-bond donors (Lipinski definition) is 1. The number of allylic oxidation sites excluding steroid dienone is 6. The lowest BCUT2D eigenvalue weighted by molar-refractivity contribution is -0.141. The van der Waals surface area contributed by atoms with Gasteiger partial charge in [-0.15, -0.1) is 0 Å². The molecule has 4 atom stereocenters. The molecule has 4 aliphatic rings. The lowest BCUT2D eigenvalue weighted by Gasteiger charge is -2.42. The first-order chi connectivity index (χ1) is 20.2. The summed E-state index contributed by atoms with van der Waals surface area (Å²) >= 11 is 9.34. The third-order valence-electron chi connectivity index (χ3n) is 8.61. The molecule has 3 aliphatic carbocycles. The van der Waals surface area contributed by atoms with E-state index in [-0.39, 0.29) is 39.2 Å². The zero-order valence-corrected chi connectivity index (χ0v) is 24.9. The van der Waals surface area contributed by atoms with Crippen molar-refractivity contribution >= 4 is 56.7 Å². The van der Waals surface area contributed by atoms with Gasteiger partial charge in [0.15, 0.2) is 17.4 Å². The van der Waals surface area contributed by atoms with Crippen LogP contribution in [-0.4, -0.2) is 45.5 Å². The Balaban J connectivity index is 1.45. The van der Waals surface area contributed by atoms with E-state index < -0.39 is 64.7 Å². The number of Topliss-reactive ketones (excluding diaryl/α,β-unsaturated/α-hetero) is 1. The molecule has 1 fully saturated rings. The van der Waals surface area contributed by atoms with E-state index in [2.05, 4.69) is 20.9 Å². The van der Waals surface area contributed by atoms with Crippen LogP contribution in [0.1, 0.15) is 35.6 Å². The molecule has 6 rings (SSSR count). The topological polar surface area (TPSA) is 108 Å². The summed E-state index contributed by atoms with van der Waals surface area (Å²) in [4.78, 5) is 58.0. The molecule has 0 saturated carbocycles. The predicted molar refractivity (Wildman–Crippen MR) is 152 cm³/mol. The summed E-state index contributed by atoms with van der Waals surface area (Å²) in [5, 5.41) is 12.5. The minimum atomic E-state index is -4.79. The van der Waals surface area contributed by atoms with E-state index in [1.54, 1.807) is 31.2 Å². The highest BCUT2D eigenvalue weighted by Crippen LogP contribution is 2.56. The second-order valence-corrected chi connectivity index (χ2v) is 12.2. The van der Waals surface area contributed by atoms with Gasteiger partial charge in [0.1, 0.15) is 11.4 Å². The van der Waals surface area contributed by atoms with Gasteiger partial charge in [-0.2, -0.15) is 18.2 Å². The Labute approximate surface area is 256 Å². The van der Waals surface area contributed by atoms with Gasteiger partial charge in [0.2, 0.25) is 0 Å². The van der Waals surface area contributed by atoms with Gasteiger partial charge in [-0.25, -0.2) is 4.98 Å². The van der Waals surface area contributed by atoms with Crippen LogP contribution in [0.4, 0.5) is 19.0 Å². The first-order valence-electron chi connectivity index (χ1n) is 13.2. The molecule has 1 N–H and O–H groups in total. The summed E-state index contributed by atoms with van der Waals surface area (Å²) in [5.41, 5.74) is 0.705. The number of alkyl halides is 3. The van der Waals surface area contributed by atoms with E-state index in [1.165, 1.54) is 13.1 Å². The molecule has 1 aliphatic heterocycles. The average molecular weight is 677 g/mol. The second-order valence-electron chi connectivity index (χ2n) is 10.9. The fourth-order valence-corrected chi connectivity index (χ4v) is 7.34. The molecular formula is C30H22BrClF3N3O5. The maximum absolute atomic E-state index is 14.1. The van der Waals surface area contributed by atoms with Gasteiger partial charge in [0.05, 0.1) is 21.3 Å². The molecule has 13 heteroatoms. The number of nitrogens with zero attached hydrogens (tertiary/aromatic N) is 3. The maximum atomic E-state index is 14.1. The lowest BCUT2D eigenvalue weighted by atomic mass is 9.59. The first kappa shape index (κ1) is 29.3. The van der Waals surface area contributed by atoms with Crippen LogP contribution in [0.15, 0.2) is 63.7 Å². The number of aromatic hydroxyl groups is 1. The van der Waals surface area contributed by atoms with Gasteiger partial charge >= 0.3 is 6.18 Å². The Kier molecular flexibility index (Phi) is 6.92. The minimum absolute atomic E-state index is 0.0158. The Morgan fingerprint density at radius 3 is 2.51 bits per heavy atom. The van der Waals surface area contributed by atoms with Crippen molar-refractivity contribution in [1.29, 1.82) is 0 Å². The summed E-state index contributed by atoms with van der Waals surface area (Å²) in [6, 6.07) is 6.76. The van der Waals surface area contributed by atoms with Gasteiger partial charge in [0, 0.05) is 35.8 Å². The molecule has 2 amide bonds. The Bertz CT molecular complexity index is 1750. The molecule has 0 unspecified atom stereocenters. The van der Waals surface area contributed by atoms with Gasteiger partial charge in [-0.05, 0) is 59.3 Å². The molecular weight excluding hydrogens is 655 g/mol. The lowest BCUT2D eigenvalue weighted by Crippen LogP contribution is -2.46. The van der Waals surface area contributed by atoms with E-state index in [4.69, 9.17) is 11.6 Å². The molecule has 2 aromatic rings. The number of hydrazine groups is 1. The van der Waals surface area contributed by atoms with Crippen molar-refractivity contribution in [3.8, 4) is 5.75 Å². The molecule has 43 heavy (non-hydrogen) atoms. The van der Waals surface area contributed by atoms with Gasteiger partial charge in [-0.3, -0.25) is 24.2 Å². The van der Waals surface area contributed by atoms with E-state index in [0.717, 1.165) is 16.1 Å². The number of amides is 2. The number of para-hydroxylation sites is 1. The number of hydrogen-bond acceptors (Lipinski definition) is 7. The van der Waals surface area contributed by atoms with Crippen LogP contribution in [0.2, 0.25) is 5.02 Å². The van der Waals surface area contributed by atoms with Crippen LogP contribution in [0.25, 0.3) is 0 Å². The fourth-order valence-electron chi connectivity index (χ4n) is 6.67. The Morgan fingerprint density at radius 2 is 1.81 bits per heavy atom. The number of pyridine rings is 1. The average Bonchev–Trinajstić information content (AvgIpc) is 3.21. The van der Waals surface area contributed by atoms with Crippen LogP contribution in [0.5, 0.6) is 5.75 Å². The summed E-state index contributed by atoms with van der Waals surface area (Å²) in [5.74, 6) is -6.09. The number of halogens is 5. The van der Waals surface area contributed by atoms with Gasteiger partial charge in [0.25, 0.3) is 11.8 Å². The normalized spacial score (nSPS) is 25.3. The zero-order chi connectivity index (χ0) is 31.1. The van der Waals surface area contributed by atoms with Crippen LogP contribution < -0.4 is 5.01 Å². The van der Waals surface area contributed by atoms with Crippen molar-refractivity contribution in [1.82, 2.24) is 9.99 Å².